The minimum atomic E-state index is -1.04. The lowest BCUT2D eigenvalue weighted by Crippen LogP contribution is -2.32. The molecule has 1 atom stereocenters. The molecule has 0 radical (unpaired) electrons. The largest absolute Gasteiger partial charge is 0.480 e. The third-order valence-electron chi connectivity index (χ3n) is 2.37. The number of aliphatic hydroxyl groups is 1. The molecular weight excluding hydrogens is 268 g/mol. The standard InChI is InChI=1S/C11H18N4O3S/c1-2-5-15-9(4-3-6-16)13-14-11(15)19-7-8(12)10(17)18/h2,8,16H,1,3-7,12H2,(H,17,18)/t8-/m0/s1. The van der Waals surface area contributed by atoms with Gasteiger partial charge in [0.25, 0.3) is 0 Å². The van der Waals surface area contributed by atoms with Crippen LogP contribution < -0.4 is 5.73 Å². The van der Waals surface area contributed by atoms with Crippen molar-refractivity contribution in [1.29, 1.82) is 0 Å². The van der Waals surface area contributed by atoms with Gasteiger partial charge in [0.05, 0.1) is 0 Å². The Morgan fingerprint density at radius 2 is 2.32 bits per heavy atom. The molecule has 1 aromatic heterocycles. The molecule has 0 bridgehead atoms. The third kappa shape index (κ3) is 4.66. The van der Waals surface area contributed by atoms with Crippen molar-refractivity contribution < 1.29 is 15.0 Å². The summed E-state index contributed by atoms with van der Waals surface area (Å²) in [6.45, 7) is 4.30. The highest BCUT2D eigenvalue weighted by atomic mass is 32.2. The summed E-state index contributed by atoms with van der Waals surface area (Å²) in [7, 11) is 0. The number of carboxylic acids is 1. The maximum Gasteiger partial charge on any atom is 0.321 e. The molecule has 0 spiro atoms. The molecule has 0 amide bonds. The Labute approximate surface area is 115 Å². The van der Waals surface area contributed by atoms with Gasteiger partial charge < -0.3 is 20.5 Å². The number of rotatable bonds is 9. The SMILES string of the molecule is C=CCn1c(CCCO)nnc1SC[C@H](N)C(=O)O. The van der Waals surface area contributed by atoms with E-state index in [4.69, 9.17) is 15.9 Å². The minimum Gasteiger partial charge on any atom is -0.480 e. The summed E-state index contributed by atoms with van der Waals surface area (Å²) >= 11 is 1.25. The number of allylic oxidation sites excluding steroid dienone is 1. The van der Waals surface area contributed by atoms with E-state index in [1.807, 2.05) is 4.57 Å². The number of aromatic nitrogens is 3. The number of hydrogen-bond donors (Lipinski definition) is 3. The van der Waals surface area contributed by atoms with Crippen LogP contribution in [0.3, 0.4) is 0 Å². The highest BCUT2D eigenvalue weighted by Crippen LogP contribution is 2.18. The van der Waals surface area contributed by atoms with E-state index in [9.17, 15) is 4.79 Å². The zero-order valence-corrected chi connectivity index (χ0v) is 11.3. The zero-order valence-electron chi connectivity index (χ0n) is 10.5. The average Bonchev–Trinajstić information content (AvgIpc) is 2.76. The molecule has 0 fully saturated rings. The number of aliphatic carboxylic acids is 1. The molecule has 0 aliphatic rings. The zero-order chi connectivity index (χ0) is 14.3. The number of aliphatic hydroxyl groups excluding tert-OH is 1. The van der Waals surface area contributed by atoms with Crippen molar-refractivity contribution in [1.82, 2.24) is 14.8 Å². The van der Waals surface area contributed by atoms with Crippen molar-refractivity contribution in [3.63, 3.8) is 0 Å². The Hall–Kier alpha value is -1.38. The first-order valence-corrected chi connectivity index (χ1v) is 6.83. The maximum absolute atomic E-state index is 10.7. The van der Waals surface area contributed by atoms with Crippen LogP contribution in [0.1, 0.15) is 12.2 Å². The lowest BCUT2D eigenvalue weighted by Gasteiger charge is -2.08. The normalized spacial score (nSPS) is 12.3. The molecule has 19 heavy (non-hydrogen) atoms. The van der Waals surface area contributed by atoms with E-state index in [1.165, 1.54) is 11.8 Å². The monoisotopic (exact) mass is 286 g/mol. The summed E-state index contributed by atoms with van der Waals surface area (Å²) < 4.78 is 1.85. The van der Waals surface area contributed by atoms with Gasteiger partial charge in [-0.3, -0.25) is 4.79 Å². The number of nitrogens with two attached hydrogens (primary N) is 1. The first kappa shape index (κ1) is 15.7. The van der Waals surface area contributed by atoms with E-state index in [-0.39, 0.29) is 12.4 Å². The van der Waals surface area contributed by atoms with Gasteiger partial charge in [-0.2, -0.15) is 0 Å². The van der Waals surface area contributed by atoms with Crippen LogP contribution in [0.25, 0.3) is 0 Å². The summed E-state index contributed by atoms with van der Waals surface area (Å²) in [6.07, 6.45) is 2.93. The highest BCUT2D eigenvalue weighted by Gasteiger charge is 2.16. The Balaban J connectivity index is 2.73. The minimum absolute atomic E-state index is 0.0906. The van der Waals surface area contributed by atoms with Crippen LogP contribution in [0.2, 0.25) is 0 Å². The Bertz CT molecular complexity index is 436. The highest BCUT2D eigenvalue weighted by molar-refractivity contribution is 7.99. The van der Waals surface area contributed by atoms with Gasteiger partial charge in [0, 0.05) is 25.3 Å². The predicted molar refractivity (Wildman–Crippen MR) is 72.0 cm³/mol. The van der Waals surface area contributed by atoms with Crippen LogP contribution in [0, 0.1) is 0 Å². The van der Waals surface area contributed by atoms with Crippen molar-refractivity contribution in [3.05, 3.63) is 18.5 Å². The van der Waals surface area contributed by atoms with Crippen LogP contribution in [0.15, 0.2) is 17.8 Å². The van der Waals surface area contributed by atoms with Crippen molar-refractivity contribution in [3.8, 4) is 0 Å². The summed E-state index contributed by atoms with van der Waals surface area (Å²) in [5.41, 5.74) is 5.44. The molecule has 0 aliphatic heterocycles. The molecule has 0 aliphatic carbocycles. The first-order valence-electron chi connectivity index (χ1n) is 5.85. The Kier molecular flexibility index (Phi) is 6.54. The van der Waals surface area contributed by atoms with E-state index in [0.717, 1.165) is 5.82 Å². The van der Waals surface area contributed by atoms with Gasteiger partial charge in [0.2, 0.25) is 0 Å². The van der Waals surface area contributed by atoms with Gasteiger partial charge in [-0.25, -0.2) is 0 Å². The number of hydrogen-bond acceptors (Lipinski definition) is 6. The number of nitrogens with zero attached hydrogens (tertiary/aromatic N) is 3. The van der Waals surface area contributed by atoms with E-state index < -0.39 is 12.0 Å². The maximum atomic E-state index is 10.7. The molecule has 0 aromatic carbocycles. The molecule has 4 N–H and O–H groups in total. The quantitative estimate of drug-likeness (QED) is 0.428. The van der Waals surface area contributed by atoms with Crippen LogP contribution in [-0.4, -0.2) is 49.3 Å². The lowest BCUT2D eigenvalue weighted by atomic mass is 10.3. The van der Waals surface area contributed by atoms with Crippen LogP contribution >= 0.6 is 11.8 Å². The molecule has 1 heterocycles. The lowest BCUT2D eigenvalue weighted by molar-refractivity contribution is -0.137. The van der Waals surface area contributed by atoms with Crippen LogP contribution in [-0.2, 0) is 17.8 Å². The smallest absolute Gasteiger partial charge is 0.321 e. The number of thioether (sulfide) groups is 1. The van der Waals surface area contributed by atoms with Crippen LogP contribution in [0.4, 0.5) is 0 Å². The van der Waals surface area contributed by atoms with Crippen molar-refractivity contribution >= 4 is 17.7 Å². The summed E-state index contributed by atoms with van der Waals surface area (Å²) in [5, 5.41) is 26.2. The summed E-state index contributed by atoms with van der Waals surface area (Å²) in [6, 6.07) is -0.931. The topological polar surface area (TPSA) is 114 Å². The Morgan fingerprint density at radius 1 is 1.58 bits per heavy atom. The molecule has 0 saturated carbocycles. The summed E-state index contributed by atoms with van der Waals surface area (Å²) in [4.78, 5) is 10.7. The van der Waals surface area contributed by atoms with E-state index in [0.29, 0.717) is 24.5 Å². The molecule has 8 heteroatoms. The van der Waals surface area contributed by atoms with Gasteiger partial charge in [-0.1, -0.05) is 17.8 Å². The number of carbonyl (C=O) groups is 1. The van der Waals surface area contributed by atoms with Gasteiger partial charge in [-0.15, -0.1) is 16.8 Å². The third-order valence-corrected chi connectivity index (χ3v) is 3.46. The molecule has 0 unspecified atom stereocenters. The van der Waals surface area contributed by atoms with Gasteiger partial charge in [0.1, 0.15) is 11.9 Å². The second-order valence-corrected chi connectivity index (χ2v) is 4.87. The number of aryl methyl sites for hydroxylation is 1. The molecule has 1 aromatic rings. The fourth-order valence-corrected chi connectivity index (χ4v) is 2.30. The fourth-order valence-electron chi connectivity index (χ4n) is 1.40. The average molecular weight is 286 g/mol. The molecule has 106 valence electrons. The van der Waals surface area contributed by atoms with Crippen molar-refractivity contribution in [2.24, 2.45) is 5.73 Å². The molecular formula is C11H18N4O3S. The van der Waals surface area contributed by atoms with E-state index in [1.54, 1.807) is 6.08 Å². The molecule has 0 saturated heterocycles. The van der Waals surface area contributed by atoms with Gasteiger partial charge >= 0.3 is 5.97 Å². The predicted octanol–water partition coefficient (Wildman–Crippen LogP) is -0.107. The second kappa shape index (κ2) is 7.93. The van der Waals surface area contributed by atoms with E-state index in [2.05, 4.69) is 16.8 Å². The Morgan fingerprint density at radius 3 is 2.89 bits per heavy atom. The number of carboxylic acid groups (broad SMARTS) is 1. The van der Waals surface area contributed by atoms with Gasteiger partial charge in [0.15, 0.2) is 5.16 Å². The summed E-state index contributed by atoms with van der Waals surface area (Å²) in [5.74, 6) is -0.0620. The van der Waals surface area contributed by atoms with E-state index >= 15 is 0 Å². The van der Waals surface area contributed by atoms with Crippen LogP contribution in [0.5, 0.6) is 0 Å². The fraction of sp³-hybridized carbons (Fsp3) is 0.545. The molecule has 1 rings (SSSR count). The second-order valence-electron chi connectivity index (χ2n) is 3.88. The molecule has 7 nitrogen and oxygen atoms in total. The first-order chi connectivity index (χ1) is 9.10. The van der Waals surface area contributed by atoms with Crippen molar-refractivity contribution in [2.45, 2.75) is 30.6 Å². The van der Waals surface area contributed by atoms with Crippen molar-refractivity contribution in [2.75, 3.05) is 12.4 Å². The van der Waals surface area contributed by atoms with Gasteiger partial charge in [-0.05, 0) is 6.42 Å².